The number of esters is 1. The number of nitrogens with one attached hydrogen (secondary N) is 2. The lowest BCUT2D eigenvalue weighted by Gasteiger charge is -2.43. The fraction of sp³-hybridized carbons (Fsp3) is 0.615. The second-order valence-electron chi connectivity index (χ2n) is 9.97. The minimum absolute atomic E-state index is 0.0347. The molecule has 4 N–H and O–H groups in total. The van der Waals surface area contributed by atoms with Crippen molar-refractivity contribution in [3.05, 3.63) is 29.3 Å². The van der Waals surface area contributed by atoms with Crippen molar-refractivity contribution in [2.24, 2.45) is 0 Å². The van der Waals surface area contributed by atoms with E-state index in [0.717, 1.165) is 6.42 Å². The zero-order chi connectivity index (χ0) is 27.8. The standard InChI is InChI=1S/C26H39N3O8/c1-6-36-20(31)13-14-27-23(33)21(18-12-7-9-16(2)22(18)32)29(17-10-8-11-17)24(34)19(15-30)28-25(35)37-26(3,4)5/h7,9,12,17,19,21,30,32H,6,8,10-11,13-15H2,1-5H3,(H,27,33)(H,28,35). The third-order valence-corrected chi connectivity index (χ3v) is 5.92. The molecule has 2 rings (SSSR count). The number of alkyl carbamates (subject to hydrolysis) is 1. The van der Waals surface area contributed by atoms with Crippen LogP contribution >= 0.6 is 0 Å². The van der Waals surface area contributed by atoms with Crippen molar-refractivity contribution in [3.63, 3.8) is 0 Å². The molecule has 0 aromatic heterocycles. The number of aliphatic hydroxyl groups excluding tert-OH is 1. The van der Waals surface area contributed by atoms with Crippen LogP contribution in [0.1, 0.15) is 70.5 Å². The molecular weight excluding hydrogens is 482 g/mol. The molecule has 2 unspecified atom stereocenters. The van der Waals surface area contributed by atoms with E-state index in [1.165, 1.54) is 4.90 Å². The van der Waals surface area contributed by atoms with Crippen LogP contribution in [-0.4, -0.2) is 76.4 Å². The average Bonchev–Trinajstić information content (AvgIpc) is 2.77. The molecule has 3 amide bonds. The second-order valence-corrected chi connectivity index (χ2v) is 9.97. The lowest BCUT2D eigenvalue weighted by molar-refractivity contribution is -0.148. The van der Waals surface area contributed by atoms with Gasteiger partial charge in [0.15, 0.2) is 0 Å². The molecule has 0 saturated heterocycles. The van der Waals surface area contributed by atoms with E-state index < -0.39 is 48.2 Å². The number of amides is 3. The Morgan fingerprint density at radius 1 is 1.19 bits per heavy atom. The van der Waals surface area contributed by atoms with Crippen LogP contribution in [0.25, 0.3) is 0 Å². The number of carbonyl (C=O) groups is 4. The van der Waals surface area contributed by atoms with Crippen LogP contribution < -0.4 is 10.6 Å². The summed E-state index contributed by atoms with van der Waals surface area (Å²) < 4.78 is 10.1. The van der Waals surface area contributed by atoms with Crippen LogP contribution in [0.15, 0.2) is 18.2 Å². The SMILES string of the molecule is CCOC(=O)CCNC(=O)C(c1cccc(C)c1O)N(C(=O)C(CO)NC(=O)OC(C)(C)C)C1CCC1. The van der Waals surface area contributed by atoms with Crippen LogP contribution in [0.2, 0.25) is 0 Å². The maximum atomic E-state index is 13.8. The second kappa shape index (κ2) is 13.3. The highest BCUT2D eigenvalue weighted by Crippen LogP contribution is 2.37. The van der Waals surface area contributed by atoms with Crippen LogP contribution in [0.5, 0.6) is 5.75 Å². The summed E-state index contributed by atoms with van der Waals surface area (Å²) in [4.78, 5) is 52.7. The number of carbonyl (C=O) groups excluding carboxylic acids is 4. The van der Waals surface area contributed by atoms with Gasteiger partial charge >= 0.3 is 12.1 Å². The molecule has 11 nitrogen and oxygen atoms in total. The van der Waals surface area contributed by atoms with Crippen molar-refractivity contribution in [1.29, 1.82) is 0 Å². The number of rotatable bonds is 11. The van der Waals surface area contributed by atoms with Crippen molar-refractivity contribution in [3.8, 4) is 5.75 Å². The molecule has 0 bridgehead atoms. The fourth-order valence-electron chi connectivity index (χ4n) is 3.94. The van der Waals surface area contributed by atoms with E-state index in [4.69, 9.17) is 9.47 Å². The zero-order valence-electron chi connectivity index (χ0n) is 22.2. The molecule has 1 aromatic rings. The van der Waals surface area contributed by atoms with Gasteiger partial charge in [0.25, 0.3) is 0 Å². The first-order valence-electron chi connectivity index (χ1n) is 12.5. The summed E-state index contributed by atoms with van der Waals surface area (Å²) in [5.41, 5.74) is -0.119. The topological polar surface area (TPSA) is 154 Å². The molecule has 206 valence electrons. The maximum Gasteiger partial charge on any atom is 0.408 e. The Morgan fingerprint density at radius 2 is 1.86 bits per heavy atom. The van der Waals surface area contributed by atoms with E-state index in [0.29, 0.717) is 18.4 Å². The normalized spacial score (nSPS) is 15.1. The van der Waals surface area contributed by atoms with Crippen LogP contribution in [0.4, 0.5) is 4.79 Å². The van der Waals surface area contributed by atoms with E-state index in [9.17, 15) is 29.4 Å². The Hall–Kier alpha value is -3.34. The highest BCUT2D eigenvalue weighted by molar-refractivity contribution is 5.93. The lowest BCUT2D eigenvalue weighted by atomic mass is 9.87. The van der Waals surface area contributed by atoms with Gasteiger partial charge in [-0.05, 0) is 59.4 Å². The highest BCUT2D eigenvalue weighted by atomic mass is 16.6. The molecule has 2 atom stereocenters. The third kappa shape index (κ3) is 8.34. The number of ether oxygens (including phenoxy) is 2. The van der Waals surface area contributed by atoms with Crippen molar-refractivity contribution >= 4 is 23.9 Å². The molecule has 37 heavy (non-hydrogen) atoms. The molecule has 0 heterocycles. The summed E-state index contributed by atoms with van der Waals surface area (Å²) in [6.07, 6.45) is 1.09. The Labute approximate surface area is 217 Å². The predicted molar refractivity (Wildman–Crippen MR) is 135 cm³/mol. The van der Waals surface area contributed by atoms with E-state index in [-0.39, 0.29) is 36.9 Å². The summed E-state index contributed by atoms with van der Waals surface area (Å²) in [6, 6.07) is 1.88. The molecular formula is C26H39N3O8. The van der Waals surface area contributed by atoms with E-state index in [1.54, 1.807) is 52.8 Å². The zero-order valence-corrected chi connectivity index (χ0v) is 22.2. The Balaban J connectivity index is 2.41. The van der Waals surface area contributed by atoms with E-state index in [1.807, 2.05) is 0 Å². The Kier molecular flexibility index (Phi) is 10.7. The number of benzene rings is 1. The number of aromatic hydroxyl groups is 1. The third-order valence-electron chi connectivity index (χ3n) is 5.92. The first-order valence-corrected chi connectivity index (χ1v) is 12.5. The van der Waals surface area contributed by atoms with Gasteiger partial charge in [-0.2, -0.15) is 0 Å². The molecule has 0 spiro atoms. The average molecular weight is 522 g/mol. The molecule has 0 aliphatic heterocycles. The van der Waals surface area contributed by atoms with Gasteiger partial charge in [0.1, 0.15) is 23.4 Å². The molecule has 0 radical (unpaired) electrons. The van der Waals surface area contributed by atoms with E-state index >= 15 is 0 Å². The summed E-state index contributed by atoms with van der Waals surface area (Å²) in [6.45, 7) is 7.80. The quantitative estimate of drug-likeness (QED) is 0.323. The molecule has 1 saturated carbocycles. The number of hydrogen-bond donors (Lipinski definition) is 4. The van der Waals surface area contributed by atoms with Crippen molar-refractivity contribution in [2.45, 2.75) is 84.0 Å². The van der Waals surface area contributed by atoms with Gasteiger partial charge < -0.3 is 35.2 Å². The van der Waals surface area contributed by atoms with Gasteiger partial charge in [-0.25, -0.2) is 4.79 Å². The lowest BCUT2D eigenvalue weighted by Crippen LogP contribution is -2.58. The smallest absolute Gasteiger partial charge is 0.408 e. The van der Waals surface area contributed by atoms with Gasteiger partial charge in [-0.3, -0.25) is 14.4 Å². The van der Waals surface area contributed by atoms with Crippen molar-refractivity contribution < 1.29 is 38.9 Å². The first kappa shape index (κ1) is 29.9. The highest BCUT2D eigenvalue weighted by Gasteiger charge is 2.42. The predicted octanol–water partition coefficient (Wildman–Crippen LogP) is 2.08. The maximum absolute atomic E-state index is 13.8. The van der Waals surface area contributed by atoms with Crippen molar-refractivity contribution in [2.75, 3.05) is 19.8 Å². The number of para-hydroxylation sites is 1. The summed E-state index contributed by atoms with van der Waals surface area (Å²) in [5.74, 6) is -1.93. The number of hydrogen-bond acceptors (Lipinski definition) is 8. The van der Waals surface area contributed by atoms with E-state index in [2.05, 4.69) is 10.6 Å². The molecule has 1 fully saturated rings. The minimum Gasteiger partial charge on any atom is -0.507 e. The number of aryl methyl sites for hydroxylation is 1. The van der Waals surface area contributed by atoms with Gasteiger partial charge in [-0.15, -0.1) is 0 Å². The molecule has 1 aliphatic rings. The molecule has 11 heteroatoms. The molecule has 1 aliphatic carbocycles. The number of aliphatic hydroxyl groups is 1. The van der Waals surface area contributed by atoms with Gasteiger partial charge in [0.2, 0.25) is 11.8 Å². The molecule has 1 aromatic carbocycles. The first-order chi connectivity index (χ1) is 17.4. The summed E-state index contributed by atoms with van der Waals surface area (Å²) in [5, 5.41) is 25.9. The number of nitrogens with zero attached hydrogens (tertiary/aromatic N) is 1. The summed E-state index contributed by atoms with van der Waals surface area (Å²) in [7, 11) is 0. The fourth-order valence-corrected chi connectivity index (χ4v) is 3.94. The monoisotopic (exact) mass is 521 g/mol. The van der Waals surface area contributed by atoms with Gasteiger partial charge in [0.05, 0.1) is 19.6 Å². The van der Waals surface area contributed by atoms with Gasteiger partial charge in [-0.1, -0.05) is 18.2 Å². The van der Waals surface area contributed by atoms with Crippen LogP contribution in [0, 0.1) is 6.92 Å². The number of phenols is 1. The number of phenolic OH excluding ortho intramolecular Hbond substituents is 1. The summed E-state index contributed by atoms with van der Waals surface area (Å²) >= 11 is 0. The van der Waals surface area contributed by atoms with Gasteiger partial charge in [0, 0.05) is 18.2 Å². The Morgan fingerprint density at radius 3 is 2.41 bits per heavy atom. The van der Waals surface area contributed by atoms with Crippen molar-refractivity contribution in [1.82, 2.24) is 15.5 Å². The Bertz CT molecular complexity index is 971. The minimum atomic E-state index is -1.38. The largest absolute Gasteiger partial charge is 0.507 e. The van der Waals surface area contributed by atoms with Crippen LogP contribution in [-0.2, 0) is 23.9 Å². The van der Waals surface area contributed by atoms with Crippen LogP contribution in [0.3, 0.4) is 0 Å².